The average molecular weight is 316 g/mol. The van der Waals surface area contributed by atoms with Crippen LogP contribution in [0, 0.1) is 20.8 Å². The van der Waals surface area contributed by atoms with E-state index in [4.69, 9.17) is 4.74 Å². The lowest BCUT2D eigenvalue weighted by Crippen LogP contribution is -2.00. The minimum atomic E-state index is 0.0210. The predicted molar refractivity (Wildman–Crippen MR) is 97.0 cm³/mol. The van der Waals surface area contributed by atoms with Crippen molar-refractivity contribution in [3.63, 3.8) is 0 Å². The minimum absolute atomic E-state index is 0.0210. The van der Waals surface area contributed by atoms with Crippen LogP contribution >= 0.6 is 0 Å². The summed E-state index contributed by atoms with van der Waals surface area (Å²) in [5.74, 6) is 1.54. The fourth-order valence-electron chi connectivity index (χ4n) is 2.46. The van der Waals surface area contributed by atoms with Gasteiger partial charge in [-0.25, -0.2) is 0 Å². The summed E-state index contributed by atoms with van der Waals surface area (Å²) in [6, 6.07) is 20.9. The third-order valence-corrected chi connectivity index (χ3v) is 4.14. The molecule has 0 heterocycles. The highest BCUT2D eigenvalue weighted by molar-refractivity contribution is 6.09. The van der Waals surface area contributed by atoms with Crippen LogP contribution in [0.25, 0.3) is 0 Å². The second-order valence-corrected chi connectivity index (χ2v) is 6.07. The van der Waals surface area contributed by atoms with Crippen molar-refractivity contribution in [3.8, 4) is 11.5 Å². The molecule has 0 aliphatic heterocycles. The van der Waals surface area contributed by atoms with Gasteiger partial charge in [-0.05, 0) is 68.3 Å². The molecule has 120 valence electrons. The number of carbonyl (C=O) groups is 1. The zero-order chi connectivity index (χ0) is 17.1. The predicted octanol–water partition coefficient (Wildman–Crippen LogP) is 5.64. The molecule has 0 aliphatic carbocycles. The highest BCUT2D eigenvalue weighted by Gasteiger charge is 2.09. The fourth-order valence-corrected chi connectivity index (χ4v) is 2.46. The molecule has 0 amide bonds. The lowest BCUT2D eigenvalue weighted by molar-refractivity contribution is 0.103. The maximum absolute atomic E-state index is 12.5. The number of hydrogen-bond acceptors (Lipinski definition) is 2. The first-order valence-corrected chi connectivity index (χ1v) is 7.99. The maximum atomic E-state index is 12.5. The molecule has 0 N–H and O–H groups in total. The standard InChI is InChI=1S/C22H20O2/c1-15-4-7-18(8-5-15)22(23)19-9-12-20(13-10-19)24-21-11-6-16(2)17(3)14-21/h4-14H,1-3H3. The highest BCUT2D eigenvalue weighted by atomic mass is 16.5. The van der Waals surface area contributed by atoms with E-state index in [2.05, 4.69) is 13.8 Å². The summed E-state index contributed by atoms with van der Waals surface area (Å²) in [6.07, 6.45) is 0. The molecule has 24 heavy (non-hydrogen) atoms. The molecule has 3 rings (SSSR count). The summed E-state index contributed by atoms with van der Waals surface area (Å²) in [4.78, 5) is 12.5. The molecule has 3 aromatic carbocycles. The van der Waals surface area contributed by atoms with Gasteiger partial charge in [-0.15, -0.1) is 0 Å². The Morgan fingerprint density at radius 2 is 1.21 bits per heavy atom. The number of ether oxygens (including phenoxy) is 1. The van der Waals surface area contributed by atoms with Crippen LogP contribution in [0.5, 0.6) is 11.5 Å². The Balaban J connectivity index is 1.76. The number of carbonyl (C=O) groups excluding carboxylic acids is 1. The van der Waals surface area contributed by atoms with Crippen LogP contribution in [-0.2, 0) is 0 Å². The third kappa shape index (κ3) is 3.54. The van der Waals surface area contributed by atoms with Gasteiger partial charge in [0, 0.05) is 11.1 Å². The zero-order valence-corrected chi connectivity index (χ0v) is 14.2. The minimum Gasteiger partial charge on any atom is -0.457 e. The van der Waals surface area contributed by atoms with Crippen LogP contribution in [0.4, 0.5) is 0 Å². The molecule has 0 fully saturated rings. The van der Waals surface area contributed by atoms with E-state index in [1.165, 1.54) is 11.1 Å². The van der Waals surface area contributed by atoms with Crippen molar-refractivity contribution in [1.29, 1.82) is 0 Å². The van der Waals surface area contributed by atoms with Crippen LogP contribution in [0.1, 0.15) is 32.6 Å². The summed E-state index contributed by atoms with van der Waals surface area (Å²) in [5.41, 5.74) is 4.93. The first-order valence-electron chi connectivity index (χ1n) is 7.99. The summed E-state index contributed by atoms with van der Waals surface area (Å²) < 4.78 is 5.86. The smallest absolute Gasteiger partial charge is 0.193 e. The maximum Gasteiger partial charge on any atom is 0.193 e. The fraction of sp³-hybridized carbons (Fsp3) is 0.136. The van der Waals surface area contributed by atoms with Crippen molar-refractivity contribution in [1.82, 2.24) is 0 Å². The van der Waals surface area contributed by atoms with Crippen molar-refractivity contribution in [3.05, 3.63) is 94.5 Å². The van der Waals surface area contributed by atoms with E-state index in [1.807, 2.05) is 61.5 Å². The van der Waals surface area contributed by atoms with Crippen LogP contribution in [0.3, 0.4) is 0 Å². The summed E-state index contributed by atoms with van der Waals surface area (Å²) in [5, 5.41) is 0. The van der Waals surface area contributed by atoms with Gasteiger partial charge in [-0.1, -0.05) is 35.9 Å². The summed E-state index contributed by atoms with van der Waals surface area (Å²) >= 11 is 0. The van der Waals surface area contributed by atoms with E-state index >= 15 is 0 Å². The molecule has 0 aliphatic rings. The molecule has 0 radical (unpaired) electrons. The molecule has 0 aromatic heterocycles. The Labute approximate surface area is 142 Å². The van der Waals surface area contributed by atoms with Gasteiger partial charge >= 0.3 is 0 Å². The van der Waals surface area contributed by atoms with Gasteiger partial charge in [0.15, 0.2) is 5.78 Å². The largest absolute Gasteiger partial charge is 0.457 e. The van der Waals surface area contributed by atoms with Gasteiger partial charge in [0.25, 0.3) is 0 Å². The van der Waals surface area contributed by atoms with Crippen LogP contribution in [-0.4, -0.2) is 5.78 Å². The van der Waals surface area contributed by atoms with Crippen molar-refractivity contribution in [2.24, 2.45) is 0 Å². The molecule has 0 saturated carbocycles. The molecular formula is C22H20O2. The molecule has 0 saturated heterocycles. The number of hydrogen-bond donors (Lipinski definition) is 0. The lowest BCUT2D eigenvalue weighted by Gasteiger charge is -2.09. The number of aryl methyl sites for hydroxylation is 3. The Morgan fingerprint density at radius 1 is 0.667 bits per heavy atom. The third-order valence-electron chi connectivity index (χ3n) is 4.14. The van der Waals surface area contributed by atoms with Crippen LogP contribution in [0.2, 0.25) is 0 Å². The first kappa shape index (κ1) is 16.0. The van der Waals surface area contributed by atoms with E-state index in [9.17, 15) is 4.79 Å². The van der Waals surface area contributed by atoms with Gasteiger partial charge in [0.2, 0.25) is 0 Å². The molecular weight excluding hydrogens is 296 g/mol. The van der Waals surface area contributed by atoms with E-state index in [1.54, 1.807) is 12.1 Å². The molecule has 0 atom stereocenters. The van der Waals surface area contributed by atoms with Gasteiger partial charge < -0.3 is 4.74 Å². The highest BCUT2D eigenvalue weighted by Crippen LogP contribution is 2.24. The summed E-state index contributed by atoms with van der Waals surface area (Å²) in [7, 11) is 0. The van der Waals surface area contributed by atoms with Crippen molar-refractivity contribution < 1.29 is 9.53 Å². The number of rotatable bonds is 4. The van der Waals surface area contributed by atoms with Crippen molar-refractivity contribution in [2.75, 3.05) is 0 Å². The topological polar surface area (TPSA) is 26.3 Å². The van der Waals surface area contributed by atoms with Gasteiger partial charge in [0.1, 0.15) is 11.5 Å². The molecule has 2 heteroatoms. The Kier molecular flexibility index (Phi) is 4.48. The monoisotopic (exact) mass is 316 g/mol. The number of ketones is 1. The first-order chi connectivity index (χ1) is 11.5. The second kappa shape index (κ2) is 6.71. The van der Waals surface area contributed by atoms with Gasteiger partial charge in [-0.3, -0.25) is 4.79 Å². The van der Waals surface area contributed by atoms with E-state index in [-0.39, 0.29) is 5.78 Å². The Morgan fingerprint density at radius 3 is 1.79 bits per heavy atom. The van der Waals surface area contributed by atoms with E-state index in [0.717, 1.165) is 17.1 Å². The molecule has 0 unspecified atom stereocenters. The Hall–Kier alpha value is -2.87. The molecule has 2 nitrogen and oxygen atoms in total. The molecule has 0 bridgehead atoms. The molecule has 3 aromatic rings. The van der Waals surface area contributed by atoms with Crippen molar-refractivity contribution in [2.45, 2.75) is 20.8 Å². The van der Waals surface area contributed by atoms with Crippen LogP contribution < -0.4 is 4.74 Å². The van der Waals surface area contributed by atoms with Crippen molar-refractivity contribution >= 4 is 5.78 Å². The quantitative estimate of drug-likeness (QED) is 0.583. The number of benzene rings is 3. The van der Waals surface area contributed by atoms with Crippen LogP contribution in [0.15, 0.2) is 66.7 Å². The van der Waals surface area contributed by atoms with Gasteiger partial charge in [0.05, 0.1) is 0 Å². The average Bonchev–Trinajstić information content (AvgIpc) is 2.59. The second-order valence-electron chi connectivity index (χ2n) is 6.07. The normalized spacial score (nSPS) is 10.5. The SMILES string of the molecule is Cc1ccc(C(=O)c2ccc(Oc3ccc(C)c(C)c3)cc2)cc1. The molecule has 0 spiro atoms. The van der Waals surface area contributed by atoms with E-state index < -0.39 is 0 Å². The van der Waals surface area contributed by atoms with Gasteiger partial charge in [-0.2, -0.15) is 0 Å². The van der Waals surface area contributed by atoms with E-state index in [0.29, 0.717) is 11.1 Å². The zero-order valence-electron chi connectivity index (χ0n) is 14.2. The Bertz CT molecular complexity index is 859. The lowest BCUT2D eigenvalue weighted by atomic mass is 10.0. The summed E-state index contributed by atoms with van der Waals surface area (Å²) in [6.45, 7) is 6.14.